The number of carbonyl (C=O) groups excluding carboxylic acids is 2. The Morgan fingerprint density at radius 1 is 1.24 bits per heavy atom. The number of aromatic nitrogens is 4. The maximum Gasteiger partial charge on any atom is 0.310 e. The Labute approximate surface area is 175 Å². The minimum Gasteiger partial charge on any atom is -0.455 e. The Balaban J connectivity index is 1.58. The van der Waals surface area contributed by atoms with Gasteiger partial charge in [-0.25, -0.2) is 9.50 Å². The van der Waals surface area contributed by atoms with Crippen molar-refractivity contribution in [2.45, 2.75) is 64.6 Å². The van der Waals surface area contributed by atoms with E-state index >= 15 is 0 Å². The van der Waals surface area contributed by atoms with Gasteiger partial charge in [0.1, 0.15) is 0 Å². The zero-order valence-corrected chi connectivity index (χ0v) is 18.5. The fourth-order valence-electron chi connectivity index (χ4n) is 3.91. The van der Waals surface area contributed by atoms with Crippen LogP contribution < -0.4 is 5.32 Å². The molecule has 0 unspecified atom stereocenters. The van der Waals surface area contributed by atoms with Crippen molar-refractivity contribution >= 4 is 29.4 Å². The zero-order valence-electron chi connectivity index (χ0n) is 17.7. The number of nitrogens with one attached hydrogen (secondary N) is 1. The normalized spacial score (nSPS) is 21.9. The number of aryl methyl sites for hydroxylation is 2. The predicted molar refractivity (Wildman–Crippen MR) is 111 cm³/mol. The number of thioether (sulfide) groups is 1. The maximum absolute atomic E-state index is 12.3. The monoisotopic (exact) mass is 419 g/mol. The van der Waals surface area contributed by atoms with Crippen LogP contribution in [-0.2, 0) is 20.7 Å². The van der Waals surface area contributed by atoms with E-state index in [9.17, 15) is 9.59 Å². The lowest BCUT2D eigenvalue weighted by atomic mass is 9.78. The van der Waals surface area contributed by atoms with E-state index < -0.39 is 5.97 Å². The molecule has 0 spiro atoms. The van der Waals surface area contributed by atoms with Crippen molar-refractivity contribution in [2.24, 2.45) is 11.8 Å². The van der Waals surface area contributed by atoms with E-state index in [1.54, 1.807) is 4.52 Å². The van der Waals surface area contributed by atoms with Gasteiger partial charge in [0.05, 0.1) is 6.42 Å². The number of ether oxygens (including phenoxy) is 1. The molecule has 1 fully saturated rings. The highest BCUT2D eigenvalue weighted by Gasteiger charge is 2.28. The summed E-state index contributed by atoms with van der Waals surface area (Å²) in [4.78, 5) is 33.4. The molecule has 1 aliphatic carbocycles. The molecule has 2 aromatic rings. The van der Waals surface area contributed by atoms with Crippen LogP contribution in [0.15, 0.2) is 5.16 Å². The number of fused-ring (bicyclic) bond motifs is 1. The molecule has 0 saturated heterocycles. The number of hydrogen-bond donors (Lipinski definition) is 1. The van der Waals surface area contributed by atoms with Gasteiger partial charge < -0.3 is 10.1 Å². The molecule has 3 rings (SSSR count). The summed E-state index contributed by atoms with van der Waals surface area (Å²) in [5.41, 5.74) is 2.25. The fraction of sp³-hybridized carbons (Fsp3) is 0.650. The highest BCUT2D eigenvalue weighted by molar-refractivity contribution is 7.98. The largest absolute Gasteiger partial charge is 0.455 e. The minimum atomic E-state index is -0.456. The first kappa shape index (κ1) is 21.5. The SMILES string of the molecule is CSc1nc2nc(C)c(CC(=O)OCC(=O)N[C@@H]3CCC[C@H](C)[C@@H]3C)c(C)n2n1. The number of amides is 1. The number of hydrogen-bond acceptors (Lipinski definition) is 7. The zero-order chi connectivity index (χ0) is 21.1. The van der Waals surface area contributed by atoms with Crippen LogP contribution in [0.1, 0.15) is 50.1 Å². The molecular weight excluding hydrogens is 390 g/mol. The second-order valence-electron chi connectivity index (χ2n) is 7.85. The molecular formula is C20H29N5O3S. The fourth-order valence-corrected chi connectivity index (χ4v) is 4.24. The molecule has 158 valence electrons. The second kappa shape index (κ2) is 9.11. The molecule has 3 atom stereocenters. The Hall–Kier alpha value is -2.16. The van der Waals surface area contributed by atoms with Crippen LogP contribution in [0.4, 0.5) is 0 Å². The van der Waals surface area contributed by atoms with Crippen molar-refractivity contribution in [3.8, 4) is 0 Å². The summed E-state index contributed by atoms with van der Waals surface area (Å²) < 4.78 is 6.87. The lowest BCUT2D eigenvalue weighted by Gasteiger charge is -2.34. The van der Waals surface area contributed by atoms with Gasteiger partial charge in [-0.2, -0.15) is 4.98 Å². The third-order valence-electron chi connectivity index (χ3n) is 5.95. The summed E-state index contributed by atoms with van der Waals surface area (Å²) in [6.45, 7) is 7.84. The number of nitrogens with zero attached hydrogens (tertiary/aromatic N) is 4. The minimum absolute atomic E-state index is 0.0409. The van der Waals surface area contributed by atoms with E-state index in [1.165, 1.54) is 18.2 Å². The van der Waals surface area contributed by atoms with E-state index in [2.05, 4.69) is 34.2 Å². The van der Waals surface area contributed by atoms with Gasteiger partial charge in [0, 0.05) is 23.0 Å². The molecule has 0 radical (unpaired) electrons. The van der Waals surface area contributed by atoms with E-state index in [4.69, 9.17) is 4.74 Å². The average molecular weight is 420 g/mol. The van der Waals surface area contributed by atoms with Crippen LogP contribution in [-0.4, -0.2) is 50.4 Å². The summed E-state index contributed by atoms with van der Waals surface area (Å²) in [5.74, 6) is 0.834. The molecule has 2 aromatic heterocycles. The van der Waals surface area contributed by atoms with Gasteiger partial charge in [0.2, 0.25) is 5.16 Å². The van der Waals surface area contributed by atoms with Gasteiger partial charge in [-0.15, -0.1) is 5.10 Å². The number of esters is 1. The summed E-state index contributed by atoms with van der Waals surface area (Å²) >= 11 is 1.44. The van der Waals surface area contributed by atoms with E-state index in [0.717, 1.165) is 24.1 Å². The van der Waals surface area contributed by atoms with Crippen molar-refractivity contribution in [1.29, 1.82) is 0 Å². The van der Waals surface area contributed by atoms with Gasteiger partial charge >= 0.3 is 5.97 Å². The predicted octanol–water partition coefficient (Wildman–Crippen LogP) is 2.49. The van der Waals surface area contributed by atoms with E-state index in [0.29, 0.717) is 28.5 Å². The Morgan fingerprint density at radius 3 is 2.72 bits per heavy atom. The van der Waals surface area contributed by atoms with Crippen LogP contribution in [0.5, 0.6) is 0 Å². The van der Waals surface area contributed by atoms with Gasteiger partial charge in [-0.3, -0.25) is 9.59 Å². The van der Waals surface area contributed by atoms with Crippen molar-refractivity contribution < 1.29 is 14.3 Å². The topological polar surface area (TPSA) is 98.5 Å². The lowest BCUT2D eigenvalue weighted by molar-refractivity contribution is -0.148. The second-order valence-corrected chi connectivity index (χ2v) is 8.62. The van der Waals surface area contributed by atoms with Gasteiger partial charge in [0.25, 0.3) is 11.7 Å². The first-order valence-electron chi connectivity index (χ1n) is 10.0. The molecule has 0 aromatic carbocycles. The average Bonchev–Trinajstić information content (AvgIpc) is 3.10. The smallest absolute Gasteiger partial charge is 0.310 e. The van der Waals surface area contributed by atoms with Crippen LogP contribution >= 0.6 is 11.8 Å². The number of rotatable bonds is 6. The van der Waals surface area contributed by atoms with Gasteiger partial charge in [0.15, 0.2) is 6.61 Å². The third kappa shape index (κ3) is 4.88. The van der Waals surface area contributed by atoms with Gasteiger partial charge in [-0.05, 0) is 38.4 Å². The van der Waals surface area contributed by atoms with Crippen LogP contribution in [0.3, 0.4) is 0 Å². The standard InChI is InChI=1S/C20H29N5O3S/c1-11-7-6-8-16(12(11)2)22-17(26)10-28-18(27)9-15-13(3)21-19-23-20(29-5)24-25(19)14(15)4/h11-12,16H,6-10H2,1-5H3,(H,22,26)/t11-,12-,16+/m0/s1. The Bertz CT molecular complexity index is 913. The molecule has 2 heterocycles. The lowest BCUT2D eigenvalue weighted by Crippen LogP contribution is -2.45. The van der Waals surface area contributed by atoms with Crippen LogP contribution in [0, 0.1) is 25.7 Å². The molecule has 1 amide bonds. The van der Waals surface area contributed by atoms with Crippen molar-refractivity contribution in [3.63, 3.8) is 0 Å². The summed E-state index contributed by atoms with van der Waals surface area (Å²) in [6, 6.07) is 0.152. The van der Waals surface area contributed by atoms with Crippen LogP contribution in [0.2, 0.25) is 0 Å². The highest BCUT2D eigenvalue weighted by atomic mass is 32.2. The molecule has 1 saturated carbocycles. The first-order valence-corrected chi connectivity index (χ1v) is 11.2. The van der Waals surface area contributed by atoms with Crippen molar-refractivity contribution in [3.05, 3.63) is 17.0 Å². The molecule has 29 heavy (non-hydrogen) atoms. The molecule has 1 N–H and O–H groups in total. The Morgan fingerprint density at radius 2 is 2.00 bits per heavy atom. The quantitative estimate of drug-likeness (QED) is 0.567. The van der Waals surface area contributed by atoms with Crippen LogP contribution in [0.25, 0.3) is 5.78 Å². The van der Waals surface area contributed by atoms with Gasteiger partial charge in [-0.1, -0.05) is 38.5 Å². The molecule has 9 heteroatoms. The molecule has 1 aliphatic rings. The molecule has 0 aliphatic heterocycles. The first-order chi connectivity index (χ1) is 13.8. The highest BCUT2D eigenvalue weighted by Crippen LogP contribution is 2.29. The number of carbonyl (C=O) groups is 2. The summed E-state index contributed by atoms with van der Waals surface area (Å²) in [7, 11) is 0. The maximum atomic E-state index is 12.3. The van der Waals surface area contributed by atoms with E-state index in [-0.39, 0.29) is 25.0 Å². The third-order valence-corrected chi connectivity index (χ3v) is 6.49. The molecule has 0 bridgehead atoms. The van der Waals surface area contributed by atoms with E-state index in [1.807, 2.05) is 20.1 Å². The van der Waals surface area contributed by atoms with Crippen molar-refractivity contribution in [1.82, 2.24) is 24.9 Å². The summed E-state index contributed by atoms with van der Waals surface area (Å²) in [5, 5.41) is 8.03. The Kier molecular flexibility index (Phi) is 6.77. The summed E-state index contributed by atoms with van der Waals surface area (Å²) in [6.07, 6.45) is 5.23. The molecule has 8 nitrogen and oxygen atoms in total. The van der Waals surface area contributed by atoms with Crippen molar-refractivity contribution in [2.75, 3.05) is 12.9 Å².